The number of nitrogens with one attached hydrogen (secondary N) is 1. The van der Waals surface area contributed by atoms with Crippen molar-refractivity contribution in [2.45, 2.75) is 18.9 Å². The maximum Gasteiger partial charge on any atom is 0.326 e. The smallest absolute Gasteiger partial charge is 0.326 e. The number of rotatable bonds is 8. The number of thiophene rings is 1. The second-order valence-electron chi connectivity index (χ2n) is 3.89. The van der Waals surface area contributed by atoms with Crippen LogP contribution in [0.1, 0.15) is 22.5 Å². The molecule has 0 spiro atoms. The maximum atomic E-state index is 11.8. The van der Waals surface area contributed by atoms with Crippen molar-refractivity contribution in [1.82, 2.24) is 5.32 Å². The highest BCUT2D eigenvalue weighted by Crippen LogP contribution is 2.23. The molecule has 0 bridgehead atoms. The number of nitro groups is 1. The molecule has 1 amide bonds. The van der Waals surface area contributed by atoms with Crippen LogP contribution in [0.4, 0.5) is 5.00 Å². The van der Waals surface area contributed by atoms with Gasteiger partial charge in [-0.05, 0) is 18.9 Å². The Hall–Kier alpha value is -2.00. The van der Waals surface area contributed by atoms with Gasteiger partial charge in [0.05, 0.1) is 9.80 Å². The minimum Gasteiger partial charge on any atom is -0.480 e. The van der Waals surface area contributed by atoms with Gasteiger partial charge in [-0.1, -0.05) is 11.3 Å². The van der Waals surface area contributed by atoms with Crippen molar-refractivity contribution < 1.29 is 24.4 Å². The first kappa shape index (κ1) is 16.1. The van der Waals surface area contributed by atoms with Gasteiger partial charge < -0.3 is 15.2 Å². The van der Waals surface area contributed by atoms with Gasteiger partial charge in [0.2, 0.25) is 0 Å². The maximum absolute atomic E-state index is 11.8. The molecule has 1 unspecified atom stereocenters. The van der Waals surface area contributed by atoms with Crippen LogP contribution >= 0.6 is 11.3 Å². The van der Waals surface area contributed by atoms with Gasteiger partial charge in [-0.15, -0.1) is 0 Å². The number of carboxylic acid groups (broad SMARTS) is 1. The standard InChI is InChI=1S/C11H14N2O6S/c1-19-6-2-3-7(11(15)16)12-10(14)8-4-5-9(20-8)13(17)18/h4-5,7H,2-3,6H2,1H3,(H,12,14)(H,15,16). The molecule has 0 aliphatic heterocycles. The lowest BCUT2D eigenvalue weighted by molar-refractivity contribution is -0.380. The largest absolute Gasteiger partial charge is 0.480 e. The zero-order chi connectivity index (χ0) is 15.1. The number of amides is 1. The van der Waals surface area contributed by atoms with E-state index in [0.717, 1.165) is 0 Å². The van der Waals surface area contributed by atoms with E-state index in [2.05, 4.69) is 5.32 Å². The lowest BCUT2D eigenvalue weighted by Crippen LogP contribution is -2.40. The lowest BCUT2D eigenvalue weighted by Gasteiger charge is -2.13. The highest BCUT2D eigenvalue weighted by molar-refractivity contribution is 7.17. The van der Waals surface area contributed by atoms with Gasteiger partial charge in [0.25, 0.3) is 5.91 Å². The summed E-state index contributed by atoms with van der Waals surface area (Å²) in [5.41, 5.74) is 0. The molecule has 0 aliphatic rings. The first-order valence-corrected chi connectivity index (χ1v) is 6.54. The van der Waals surface area contributed by atoms with Crippen molar-refractivity contribution >= 4 is 28.2 Å². The SMILES string of the molecule is COCCCC(NC(=O)c1ccc([N+](=O)[O-])s1)C(=O)O. The van der Waals surface area contributed by atoms with Crippen LogP contribution in [0.2, 0.25) is 0 Å². The Morgan fingerprint density at radius 2 is 2.25 bits per heavy atom. The molecule has 1 rings (SSSR count). The first-order valence-electron chi connectivity index (χ1n) is 5.72. The Balaban J connectivity index is 2.64. The van der Waals surface area contributed by atoms with E-state index in [1.807, 2.05) is 0 Å². The van der Waals surface area contributed by atoms with Gasteiger partial charge in [0, 0.05) is 19.8 Å². The number of carbonyl (C=O) groups excluding carboxylic acids is 1. The van der Waals surface area contributed by atoms with E-state index in [1.165, 1.54) is 19.2 Å². The van der Waals surface area contributed by atoms with Crippen LogP contribution in [-0.4, -0.2) is 41.7 Å². The van der Waals surface area contributed by atoms with Crippen LogP contribution in [0.5, 0.6) is 0 Å². The quantitative estimate of drug-likeness (QED) is 0.424. The molecule has 0 aromatic carbocycles. The summed E-state index contributed by atoms with van der Waals surface area (Å²) in [6.07, 6.45) is 0.709. The number of ether oxygens (including phenoxy) is 1. The Kier molecular flexibility index (Phi) is 6.07. The lowest BCUT2D eigenvalue weighted by atomic mass is 10.1. The number of nitrogens with zero attached hydrogens (tertiary/aromatic N) is 1. The van der Waals surface area contributed by atoms with Crippen molar-refractivity contribution in [3.8, 4) is 0 Å². The fraction of sp³-hybridized carbons (Fsp3) is 0.455. The summed E-state index contributed by atoms with van der Waals surface area (Å²) >= 11 is 0.702. The third-order valence-corrected chi connectivity index (χ3v) is 3.48. The average Bonchev–Trinajstić information content (AvgIpc) is 2.87. The number of methoxy groups -OCH3 is 1. The van der Waals surface area contributed by atoms with Gasteiger partial charge in [-0.25, -0.2) is 4.79 Å². The minimum absolute atomic E-state index is 0.106. The summed E-state index contributed by atoms with van der Waals surface area (Å²) in [6.45, 7) is 0.393. The Morgan fingerprint density at radius 3 is 2.75 bits per heavy atom. The van der Waals surface area contributed by atoms with E-state index in [-0.39, 0.29) is 16.3 Å². The Labute approximate surface area is 118 Å². The molecule has 110 valence electrons. The molecule has 9 heteroatoms. The van der Waals surface area contributed by atoms with Crippen LogP contribution in [0, 0.1) is 10.1 Å². The zero-order valence-electron chi connectivity index (χ0n) is 10.7. The average molecular weight is 302 g/mol. The molecule has 0 radical (unpaired) electrons. The minimum atomic E-state index is -1.15. The zero-order valence-corrected chi connectivity index (χ0v) is 11.5. The molecular formula is C11H14N2O6S. The predicted octanol–water partition coefficient (Wildman–Crippen LogP) is 1.27. The molecule has 0 fully saturated rings. The molecule has 1 heterocycles. The molecule has 1 atom stereocenters. The highest BCUT2D eigenvalue weighted by Gasteiger charge is 2.22. The van der Waals surface area contributed by atoms with E-state index in [1.54, 1.807) is 0 Å². The molecular weight excluding hydrogens is 288 g/mol. The van der Waals surface area contributed by atoms with Crippen LogP contribution in [0.25, 0.3) is 0 Å². The predicted molar refractivity (Wildman–Crippen MR) is 71.0 cm³/mol. The van der Waals surface area contributed by atoms with E-state index in [9.17, 15) is 19.7 Å². The van der Waals surface area contributed by atoms with Gasteiger partial charge in [-0.3, -0.25) is 14.9 Å². The van der Waals surface area contributed by atoms with Gasteiger partial charge in [-0.2, -0.15) is 0 Å². The second-order valence-corrected chi connectivity index (χ2v) is 4.96. The molecule has 20 heavy (non-hydrogen) atoms. The van der Waals surface area contributed by atoms with E-state index in [4.69, 9.17) is 9.84 Å². The van der Waals surface area contributed by atoms with Crippen molar-refractivity contribution in [3.63, 3.8) is 0 Å². The van der Waals surface area contributed by atoms with E-state index < -0.39 is 22.8 Å². The summed E-state index contributed by atoms with van der Waals surface area (Å²) in [5, 5.41) is 21.7. The van der Waals surface area contributed by atoms with Crippen LogP contribution in [0.3, 0.4) is 0 Å². The van der Waals surface area contributed by atoms with Crippen LogP contribution < -0.4 is 5.32 Å². The molecule has 8 nitrogen and oxygen atoms in total. The molecule has 2 N–H and O–H groups in total. The topological polar surface area (TPSA) is 119 Å². The number of hydrogen-bond acceptors (Lipinski definition) is 6. The number of hydrogen-bond donors (Lipinski definition) is 2. The van der Waals surface area contributed by atoms with E-state index >= 15 is 0 Å². The third-order valence-electron chi connectivity index (χ3n) is 2.44. The summed E-state index contributed by atoms with van der Waals surface area (Å²) in [7, 11) is 1.50. The Morgan fingerprint density at radius 1 is 1.55 bits per heavy atom. The molecule has 0 aliphatic carbocycles. The van der Waals surface area contributed by atoms with Gasteiger partial charge in [0.1, 0.15) is 6.04 Å². The fourth-order valence-corrected chi connectivity index (χ4v) is 2.19. The summed E-state index contributed by atoms with van der Waals surface area (Å²) in [6, 6.07) is 1.46. The summed E-state index contributed by atoms with van der Waals surface area (Å²) < 4.78 is 4.81. The molecule has 0 saturated heterocycles. The van der Waals surface area contributed by atoms with Crippen molar-refractivity contribution in [3.05, 3.63) is 27.1 Å². The van der Waals surface area contributed by atoms with Crippen molar-refractivity contribution in [1.29, 1.82) is 0 Å². The molecule has 1 aromatic rings. The monoisotopic (exact) mass is 302 g/mol. The van der Waals surface area contributed by atoms with E-state index in [0.29, 0.717) is 24.4 Å². The number of aliphatic carboxylic acids is 1. The number of carboxylic acids is 1. The third kappa shape index (κ3) is 4.59. The van der Waals surface area contributed by atoms with Gasteiger partial charge in [0.15, 0.2) is 0 Å². The molecule has 0 saturated carbocycles. The summed E-state index contributed by atoms with van der Waals surface area (Å²) in [5.74, 6) is -1.78. The van der Waals surface area contributed by atoms with Gasteiger partial charge >= 0.3 is 11.0 Å². The fourth-order valence-electron chi connectivity index (χ4n) is 1.47. The van der Waals surface area contributed by atoms with Crippen molar-refractivity contribution in [2.24, 2.45) is 0 Å². The van der Waals surface area contributed by atoms with Crippen LogP contribution in [0.15, 0.2) is 12.1 Å². The van der Waals surface area contributed by atoms with Crippen LogP contribution in [-0.2, 0) is 9.53 Å². The second kappa shape index (κ2) is 7.56. The molecule has 1 aromatic heterocycles. The summed E-state index contributed by atoms with van der Waals surface area (Å²) in [4.78, 5) is 32.8. The Bertz CT molecular complexity index is 501. The van der Waals surface area contributed by atoms with Crippen molar-refractivity contribution in [2.75, 3.05) is 13.7 Å². The first-order chi connectivity index (χ1) is 9.45. The highest BCUT2D eigenvalue weighted by atomic mass is 32.1. The normalized spacial score (nSPS) is 11.8. The number of carbonyl (C=O) groups is 2.